The van der Waals surface area contributed by atoms with Crippen LogP contribution in [0.4, 0.5) is 0 Å². The van der Waals surface area contributed by atoms with Gasteiger partial charge >= 0.3 is 0 Å². The van der Waals surface area contributed by atoms with Crippen molar-refractivity contribution < 1.29 is 12.9 Å². The molecule has 0 bridgehead atoms. The summed E-state index contributed by atoms with van der Waals surface area (Å²) in [6.45, 7) is -0.0996. The van der Waals surface area contributed by atoms with Crippen molar-refractivity contribution >= 4 is 21.1 Å². The molecule has 0 spiro atoms. The first-order valence-electron chi connectivity index (χ1n) is 7.70. The first-order chi connectivity index (χ1) is 12.5. The Morgan fingerprint density at radius 1 is 1.15 bits per heavy atom. The first-order valence-corrected chi connectivity index (χ1v) is 9.18. The molecule has 0 aliphatic heterocycles. The highest BCUT2D eigenvalue weighted by Crippen LogP contribution is 2.20. The van der Waals surface area contributed by atoms with Crippen LogP contribution in [-0.4, -0.2) is 33.6 Å². The lowest BCUT2D eigenvalue weighted by Crippen LogP contribution is -2.23. The quantitative estimate of drug-likeness (QED) is 0.566. The van der Waals surface area contributed by atoms with E-state index in [1.165, 1.54) is 12.1 Å². The molecule has 0 atom stereocenters. The standard InChI is InChI=1S/C16H14N6O3S/c1-22-14-8-7-11(9-13(14)19-21-22)16-18-15(25-20-16)10-17-26(23,24)12-5-3-2-4-6-12/h2-9,17H,10H2,1H3. The van der Waals surface area contributed by atoms with Gasteiger partial charge in [0.1, 0.15) is 5.52 Å². The number of hydrogen-bond donors (Lipinski definition) is 1. The number of aryl methyl sites for hydroxylation is 1. The lowest BCUT2D eigenvalue weighted by Gasteiger charge is -2.03. The maximum absolute atomic E-state index is 12.2. The van der Waals surface area contributed by atoms with Crippen LogP contribution in [0, 0.1) is 0 Å². The molecule has 0 unspecified atom stereocenters. The summed E-state index contributed by atoms with van der Waals surface area (Å²) in [6, 6.07) is 13.6. The van der Waals surface area contributed by atoms with E-state index in [0.29, 0.717) is 16.9 Å². The highest BCUT2D eigenvalue weighted by molar-refractivity contribution is 7.89. The van der Waals surface area contributed by atoms with Crippen molar-refractivity contribution in [1.82, 2.24) is 29.9 Å². The van der Waals surface area contributed by atoms with Crippen LogP contribution in [-0.2, 0) is 23.6 Å². The zero-order valence-electron chi connectivity index (χ0n) is 13.7. The summed E-state index contributed by atoms with van der Waals surface area (Å²) >= 11 is 0. The normalized spacial score (nSPS) is 11.9. The molecular weight excluding hydrogens is 356 g/mol. The monoisotopic (exact) mass is 370 g/mol. The van der Waals surface area contributed by atoms with E-state index in [-0.39, 0.29) is 17.3 Å². The van der Waals surface area contributed by atoms with Gasteiger partial charge in [0.05, 0.1) is 17.0 Å². The molecule has 4 rings (SSSR count). The van der Waals surface area contributed by atoms with E-state index in [9.17, 15) is 8.42 Å². The van der Waals surface area contributed by atoms with E-state index in [2.05, 4.69) is 25.2 Å². The molecule has 0 saturated carbocycles. The molecule has 0 radical (unpaired) electrons. The van der Waals surface area contributed by atoms with Gasteiger partial charge in [0.25, 0.3) is 0 Å². The Hall–Kier alpha value is -3.11. The molecule has 4 aromatic rings. The number of aromatic nitrogens is 5. The smallest absolute Gasteiger partial charge is 0.242 e. The molecule has 2 aromatic heterocycles. The van der Waals surface area contributed by atoms with Crippen molar-refractivity contribution in [2.45, 2.75) is 11.4 Å². The molecule has 10 heteroatoms. The molecule has 0 saturated heterocycles. The van der Waals surface area contributed by atoms with Gasteiger partial charge in [-0.15, -0.1) is 5.10 Å². The van der Waals surface area contributed by atoms with Crippen molar-refractivity contribution in [3.63, 3.8) is 0 Å². The molecule has 0 aliphatic carbocycles. The Labute approximate surface area is 148 Å². The minimum atomic E-state index is -3.64. The third kappa shape index (κ3) is 3.07. The molecule has 26 heavy (non-hydrogen) atoms. The minimum absolute atomic E-state index is 0.0996. The summed E-state index contributed by atoms with van der Waals surface area (Å²) in [5, 5.41) is 11.9. The van der Waals surface area contributed by atoms with Crippen LogP contribution in [0.5, 0.6) is 0 Å². The number of nitrogens with zero attached hydrogens (tertiary/aromatic N) is 5. The summed E-state index contributed by atoms with van der Waals surface area (Å²) in [6.07, 6.45) is 0. The fourth-order valence-corrected chi connectivity index (χ4v) is 3.46. The number of sulfonamides is 1. The predicted molar refractivity (Wildman–Crippen MR) is 92.3 cm³/mol. The lowest BCUT2D eigenvalue weighted by molar-refractivity contribution is 0.376. The average Bonchev–Trinajstić information content (AvgIpc) is 3.28. The zero-order valence-corrected chi connectivity index (χ0v) is 14.5. The van der Waals surface area contributed by atoms with E-state index in [0.717, 1.165) is 5.52 Å². The van der Waals surface area contributed by atoms with Gasteiger partial charge in [0, 0.05) is 12.6 Å². The van der Waals surface area contributed by atoms with Crippen molar-refractivity contribution in [2.24, 2.45) is 7.05 Å². The summed E-state index contributed by atoms with van der Waals surface area (Å²) < 4.78 is 33.7. The Morgan fingerprint density at radius 2 is 1.96 bits per heavy atom. The number of hydrogen-bond acceptors (Lipinski definition) is 7. The van der Waals surface area contributed by atoms with Crippen LogP contribution in [0.15, 0.2) is 57.9 Å². The van der Waals surface area contributed by atoms with Crippen LogP contribution in [0.25, 0.3) is 22.4 Å². The third-order valence-corrected chi connectivity index (χ3v) is 5.22. The molecule has 1 N–H and O–H groups in total. The molecule has 0 fully saturated rings. The van der Waals surface area contributed by atoms with Crippen molar-refractivity contribution in [3.8, 4) is 11.4 Å². The van der Waals surface area contributed by atoms with Crippen molar-refractivity contribution in [3.05, 3.63) is 54.4 Å². The van der Waals surface area contributed by atoms with Gasteiger partial charge < -0.3 is 4.52 Å². The second kappa shape index (κ2) is 6.32. The SMILES string of the molecule is Cn1nnc2cc(-c3noc(CNS(=O)(=O)c4ccccc4)n3)ccc21. The lowest BCUT2D eigenvalue weighted by atomic mass is 10.2. The summed E-state index contributed by atoms with van der Waals surface area (Å²) in [5.41, 5.74) is 2.30. The summed E-state index contributed by atoms with van der Waals surface area (Å²) in [4.78, 5) is 4.41. The van der Waals surface area contributed by atoms with Gasteiger partial charge in [-0.3, -0.25) is 0 Å². The maximum Gasteiger partial charge on any atom is 0.242 e. The Morgan fingerprint density at radius 3 is 2.77 bits per heavy atom. The second-order valence-corrected chi connectivity index (χ2v) is 7.33. The number of rotatable bonds is 5. The van der Waals surface area contributed by atoms with Gasteiger partial charge in [-0.1, -0.05) is 28.6 Å². The molecule has 132 valence electrons. The topological polar surface area (TPSA) is 116 Å². The maximum atomic E-state index is 12.2. The zero-order chi connectivity index (χ0) is 18.1. The fourth-order valence-electron chi connectivity index (χ4n) is 2.46. The number of benzene rings is 2. The van der Waals surface area contributed by atoms with Gasteiger partial charge in [0.2, 0.25) is 21.7 Å². The van der Waals surface area contributed by atoms with Gasteiger partial charge in [-0.25, -0.2) is 17.8 Å². The number of nitrogens with one attached hydrogen (secondary N) is 1. The van der Waals surface area contributed by atoms with Crippen LogP contribution in [0.3, 0.4) is 0 Å². The molecule has 0 amide bonds. The van der Waals surface area contributed by atoms with Crippen LogP contribution < -0.4 is 4.72 Å². The van der Waals surface area contributed by atoms with Crippen LogP contribution in [0.2, 0.25) is 0 Å². The first kappa shape index (κ1) is 16.4. The van der Waals surface area contributed by atoms with Crippen molar-refractivity contribution in [2.75, 3.05) is 0 Å². The molecule has 0 aliphatic rings. The highest BCUT2D eigenvalue weighted by Gasteiger charge is 2.16. The van der Waals surface area contributed by atoms with E-state index >= 15 is 0 Å². The summed E-state index contributed by atoms with van der Waals surface area (Å²) in [5.74, 6) is 0.519. The van der Waals surface area contributed by atoms with Crippen LogP contribution in [0.1, 0.15) is 5.89 Å². The summed E-state index contributed by atoms with van der Waals surface area (Å²) in [7, 11) is -1.83. The molecule has 2 heterocycles. The largest absolute Gasteiger partial charge is 0.338 e. The van der Waals surface area contributed by atoms with Gasteiger partial charge in [-0.2, -0.15) is 4.98 Å². The number of fused-ring (bicyclic) bond motifs is 1. The average molecular weight is 370 g/mol. The Balaban J connectivity index is 1.52. The molecule has 2 aromatic carbocycles. The molecule has 9 nitrogen and oxygen atoms in total. The van der Waals surface area contributed by atoms with Crippen LogP contribution >= 0.6 is 0 Å². The predicted octanol–water partition coefficient (Wildman–Crippen LogP) is 1.50. The third-order valence-electron chi connectivity index (χ3n) is 3.80. The Bertz CT molecular complexity index is 1170. The second-order valence-electron chi connectivity index (χ2n) is 5.57. The highest BCUT2D eigenvalue weighted by atomic mass is 32.2. The van der Waals surface area contributed by atoms with E-state index in [4.69, 9.17) is 4.52 Å². The fraction of sp³-hybridized carbons (Fsp3) is 0.125. The minimum Gasteiger partial charge on any atom is -0.338 e. The van der Waals surface area contributed by atoms with Gasteiger partial charge in [-0.05, 0) is 30.3 Å². The molecular formula is C16H14N6O3S. The Kier molecular flexibility index (Phi) is 3.98. The van der Waals surface area contributed by atoms with Gasteiger partial charge in [0.15, 0.2) is 0 Å². The van der Waals surface area contributed by atoms with E-state index in [1.54, 1.807) is 36.0 Å². The van der Waals surface area contributed by atoms with E-state index < -0.39 is 10.0 Å². The van der Waals surface area contributed by atoms with Crippen molar-refractivity contribution in [1.29, 1.82) is 0 Å². The van der Waals surface area contributed by atoms with E-state index in [1.807, 2.05) is 12.1 Å².